The van der Waals surface area contributed by atoms with Crippen LogP contribution in [0.2, 0.25) is 0 Å². The summed E-state index contributed by atoms with van der Waals surface area (Å²) in [5.74, 6) is 4.57. The molecule has 5 aliphatic rings. The summed E-state index contributed by atoms with van der Waals surface area (Å²) in [5, 5.41) is 21.9. The lowest BCUT2D eigenvalue weighted by Gasteiger charge is -2.62. The lowest BCUT2D eigenvalue weighted by atomic mass is 9.44. The van der Waals surface area contributed by atoms with Crippen molar-refractivity contribution in [3.8, 4) is 11.8 Å². The van der Waals surface area contributed by atoms with Gasteiger partial charge in [0.1, 0.15) is 6.61 Å². The molecule has 2 aromatic carbocycles. The summed E-state index contributed by atoms with van der Waals surface area (Å²) in [6, 6.07) is 14.7. The molecule has 228 valence electrons. The molecule has 3 saturated carbocycles. The van der Waals surface area contributed by atoms with Gasteiger partial charge >= 0.3 is 0 Å². The molecule has 7 rings (SSSR count). The van der Waals surface area contributed by atoms with Gasteiger partial charge in [0.15, 0.2) is 29.1 Å². The van der Waals surface area contributed by atoms with Gasteiger partial charge in [-0.1, -0.05) is 48.6 Å². The molecule has 2 aromatic rings. The average Bonchev–Trinajstić information content (AvgIpc) is 3.50. The fraction of sp³-hybridized carbons (Fsp3) is 0.444. The van der Waals surface area contributed by atoms with Gasteiger partial charge in [-0.3, -0.25) is 9.59 Å². The molecule has 9 atom stereocenters. The predicted molar refractivity (Wildman–Crippen MR) is 161 cm³/mol. The van der Waals surface area contributed by atoms with Crippen molar-refractivity contribution in [1.29, 1.82) is 0 Å². The van der Waals surface area contributed by atoms with Crippen molar-refractivity contribution in [3.05, 3.63) is 89.0 Å². The highest BCUT2D eigenvalue weighted by atomic mass is 19.1. The molecule has 1 aliphatic heterocycles. The molecule has 7 nitrogen and oxygen atoms in total. The number of allylic oxidation sites excluding steroid dienone is 4. The highest BCUT2D eigenvalue weighted by Crippen LogP contribution is 2.72. The van der Waals surface area contributed by atoms with E-state index in [1.54, 1.807) is 25.1 Å². The molecule has 8 heteroatoms. The molecule has 0 amide bonds. The van der Waals surface area contributed by atoms with Crippen molar-refractivity contribution in [3.63, 3.8) is 0 Å². The maximum Gasteiger partial charge on any atom is 0.193 e. The Kier molecular flexibility index (Phi) is 6.58. The second kappa shape index (κ2) is 9.95. The Balaban J connectivity index is 1.23. The maximum atomic E-state index is 17.6. The smallest absolute Gasteiger partial charge is 0.193 e. The van der Waals surface area contributed by atoms with Crippen LogP contribution in [0.5, 0.6) is 0 Å². The summed E-state index contributed by atoms with van der Waals surface area (Å²) in [6.45, 7) is 2.87. The average molecular weight is 598 g/mol. The molecule has 4 aliphatic carbocycles. The van der Waals surface area contributed by atoms with E-state index < -0.39 is 58.9 Å². The van der Waals surface area contributed by atoms with E-state index in [0.717, 1.165) is 11.1 Å². The van der Waals surface area contributed by atoms with Gasteiger partial charge in [-0.25, -0.2) is 4.39 Å². The number of aliphatic hydroxyl groups is 2. The topological polar surface area (TPSA) is 119 Å². The van der Waals surface area contributed by atoms with Crippen LogP contribution in [0.15, 0.2) is 72.3 Å². The number of nitrogens with two attached hydrogens (primary N) is 1. The van der Waals surface area contributed by atoms with Crippen LogP contribution in [0, 0.1) is 34.5 Å². The van der Waals surface area contributed by atoms with E-state index in [1.165, 1.54) is 12.2 Å². The Morgan fingerprint density at radius 3 is 2.57 bits per heavy atom. The van der Waals surface area contributed by atoms with E-state index in [0.29, 0.717) is 36.1 Å². The molecule has 0 radical (unpaired) electrons. The minimum absolute atomic E-state index is 0.0562. The van der Waals surface area contributed by atoms with Crippen molar-refractivity contribution in [2.45, 2.75) is 69.3 Å². The van der Waals surface area contributed by atoms with Crippen molar-refractivity contribution in [2.24, 2.45) is 22.7 Å². The second-order valence-electron chi connectivity index (χ2n) is 13.4. The Labute approximate surface area is 255 Å². The number of carbonyl (C=O) groups is 2. The van der Waals surface area contributed by atoms with Gasteiger partial charge in [0, 0.05) is 39.1 Å². The fourth-order valence-electron chi connectivity index (χ4n) is 9.25. The van der Waals surface area contributed by atoms with Gasteiger partial charge in [-0.05, 0) is 81.0 Å². The van der Waals surface area contributed by atoms with Gasteiger partial charge in [-0.2, -0.15) is 0 Å². The first-order valence-electron chi connectivity index (χ1n) is 15.2. The molecule has 0 spiro atoms. The summed E-state index contributed by atoms with van der Waals surface area (Å²) >= 11 is 0. The van der Waals surface area contributed by atoms with Crippen LogP contribution in [-0.2, 0) is 19.1 Å². The molecule has 4 fully saturated rings. The summed E-state index contributed by atoms with van der Waals surface area (Å²) in [5.41, 5.74) is 3.58. The Bertz CT molecular complexity index is 1690. The van der Waals surface area contributed by atoms with E-state index in [4.69, 9.17) is 15.2 Å². The molecular formula is C36H36FNO6. The number of nitrogen functional groups attached to an aromatic ring is 1. The number of ketones is 2. The van der Waals surface area contributed by atoms with Crippen molar-refractivity contribution in [2.75, 3.05) is 12.3 Å². The number of aliphatic hydroxyl groups excluding tert-OH is 2. The Morgan fingerprint density at radius 2 is 1.84 bits per heavy atom. The standard InChI is InChI=1S/C36H36FNO6/c1-33-14-13-26(40)17-24(33)11-12-27-28-18-31-36(30(42)20-39,34(28,2)19-29(41)35(27,33)37)44-32(43-31)23-7-3-5-21(15-23)9-10-22-6-4-8-25(38)16-22/h3-8,13-17,27-29,31-32,39,41H,11-12,18-20,38H2,1-2H3/t27-,28-,29-,31+,32+,33-,34-,35-,36+/m0/s1. The quantitative estimate of drug-likeness (QED) is 0.355. The van der Waals surface area contributed by atoms with Crippen LogP contribution < -0.4 is 5.73 Å². The van der Waals surface area contributed by atoms with E-state index in [-0.39, 0.29) is 18.1 Å². The molecule has 44 heavy (non-hydrogen) atoms. The molecule has 0 bridgehead atoms. The second-order valence-corrected chi connectivity index (χ2v) is 13.4. The molecule has 4 N–H and O–H groups in total. The van der Waals surface area contributed by atoms with E-state index in [2.05, 4.69) is 11.8 Å². The van der Waals surface area contributed by atoms with E-state index in [9.17, 15) is 19.8 Å². The minimum atomic E-state index is -2.05. The zero-order valence-corrected chi connectivity index (χ0v) is 24.8. The van der Waals surface area contributed by atoms with Gasteiger partial charge in [0.05, 0.1) is 12.2 Å². The first kappa shape index (κ1) is 29.1. The SMILES string of the molecule is C[C@]12C=CC(=O)C=C1CC[C@H]1[C@@H]3C[C@H]4O[C@@H](c5cccc(C#Cc6cccc(N)c6)c5)O[C@@]4(C(=O)CO)[C@@]3(C)C[C@H](O)[C@@]12F. The molecular weight excluding hydrogens is 561 g/mol. The third-order valence-corrected chi connectivity index (χ3v) is 11.3. The molecule has 1 heterocycles. The van der Waals surface area contributed by atoms with Crippen LogP contribution in [0.1, 0.15) is 62.5 Å². The molecule has 0 aromatic heterocycles. The number of halogens is 1. The van der Waals surface area contributed by atoms with Crippen LogP contribution in [0.4, 0.5) is 10.1 Å². The predicted octanol–water partition coefficient (Wildman–Crippen LogP) is 4.36. The number of hydrogen-bond acceptors (Lipinski definition) is 7. The summed E-state index contributed by atoms with van der Waals surface area (Å²) < 4.78 is 30.7. The number of ether oxygens (including phenoxy) is 2. The number of carbonyl (C=O) groups excluding carboxylic acids is 2. The number of hydrogen-bond donors (Lipinski definition) is 3. The van der Waals surface area contributed by atoms with E-state index >= 15 is 4.39 Å². The first-order valence-corrected chi connectivity index (χ1v) is 15.2. The largest absolute Gasteiger partial charge is 0.399 e. The van der Waals surface area contributed by atoms with Crippen LogP contribution in [-0.4, -0.2) is 51.9 Å². The van der Waals surface area contributed by atoms with E-state index in [1.807, 2.05) is 43.3 Å². The lowest BCUT2D eigenvalue weighted by molar-refractivity contribution is -0.231. The van der Waals surface area contributed by atoms with Crippen LogP contribution in [0.3, 0.4) is 0 Å². The fourth-order valence-corrected chi connectivity index (χ4v) is 9.25. The lowest BCUT2D eigenvalue weighted by Crippen LogP contribution is -2.69. The number of fused-ring (bicyclic) bond motifs is 7. The number of Topliss-reactive ketones (excluding diaryl/α,β-unsaturated/α-hetero) is 1. The van der Waals surface area contributed by atoms with Crippen LogP contribution >= 0.6 is 0 Å². The number of alkyl halides is 1. The van der Waals surface area contributed by atoms with Crippen molar-refractivity contribution < 1.29 is 33.7 Å². The molecule has 1 saturated heterocycles. The third kappa shape index (κ3) is 3.83. The highest BCUT2D eigenvalue weighted by Gasteiger charge is 2.79. The zero-order valence-electron chi connectivity index (χ0n) is 24.8. The van der Waals surface area contributed by atoms with Crippen molar-refractivity contribution in [1.82, 2.24) is 0 Å². The zero-order chi connectivity index (χ0) is 31.1. The summed E-state index contributed by atoms with van der Waals surface area (Å²) in [7, 11) is 0. The van der Waals surface area contributed by atoms with Crippen LogP contribution in [0.25, 0.3) is 0 Å². The van der Waals surface area contributed by atoms with Gasteiger partial charge in [0.2, 0.25) is 0 Å². The number of benzene rings is 2. The monoisotopic (exact) mass is 597 g/mol. The first-order chi connectivity index (χ1) is 21.0. The number of anilines is 1. The van der Waals surface area contributed by atoms with Gasteiger partial charge in [0.25, 0.3) is 0 Å². The summed E-state index contributed by atoms with van der Waals surface area (Å²) in [4.78, 5) is 25.9. The maximum absolute atomic E-state index is 17.6. The normalized spacial score (nSPS) is 40.2. The Morgan fingerprint density at radius 1 is 1.11 bits per heavy atom. The van der Waals surface area contributed by atoms with Gasteiger partial charge in [-0.15, -0.1) is 0 Å². The van der Waals surface area contributed by atoms with Crippen molar-refractivity contribution >= 4 is 17.3 Å². The number of rotatable bonds is 3. The summed E-state index contributed by atoms with van der Waals surface area (Å²) in [6.07, 6.45) is 2.63. The van der Waals surface area contributed by atoms with Gasteiger partial charge < -0.3 is 25.4 Å². The molecule has 0 unspecified atom stereocenters. The Hall–Kier alpha value is -3.61. The highest BCUT2D eigenvalue weighted by molar-refractivity contribution is 6.01. The third-order valence-electron chi connectivity index (χ3n) is 11.3. The minimum Gasteiger partial charge on any atom is -0.399 e.